The van der Waals surface area contributed by atoms with E-state index >= 15 is 0 Å². The van der Waals surface area contributed by atoms with Crippen molar-refractivity contribution in [1.82, 2.24) is 5.16 Å². The van der Waals surface area contributed by atoms with Crippen molar-refractivity contribution >= 4 is 18.2 Å². The van der Waals surface area contributed by atoms with E-state index in [4.69, 9.17) is 0 Å². The minimum Gasteiger partial charge on any atom is -0.649 e. The van der Waals surface area contributed by atoms with E-state index in [1.54, 1.807) is 6.92 Å². The second kappa shape index (κ2) is 7.13. The molecule has 70 valence electrons. The van der Waals surface area contributed by atoms with Crippen LogP contribution in [0.2, 0.25) is 0 Å². The van der Waals surface area contributed by atoms with Crippen molar-refractivity contribution in [3.63, 3.8) is 0 Å². The fourth-order valence-corrected chi connectivity index (χ4v) is 0.778. The van der Waals surface area contributed by atoms with Crippen LogP contribution in [-0.2, 0) is 4.79 Å². The number of amides is 2. The summed E-state index contributed by atoms with van der Waals surface area (Å²) in [6.07, 6.45) is 1.62. The van der Waals surface area contributed by atoms with Crippen molar-refractivity contribution in [2.24, 2.45) is 0 Å². The molecule has 0 unspecified atom stereocenters. The summed E-state index contributed by atoms with van der Waals surface area (Å²) in [7, 11) is 0. The molecule has 0 radical (unpaired) electrons. The summed E-state index contributed by atoms with van der Waals surface area (Å²) in [5.41, 5.74) is 0.161. The van der Waals surface area contributed by atoms with Gasteiger partial charge >= 0.3 is 51.4 Å². The van der Waals surface area contributed by atoms with E-state index in [0.717, 1.165) is 0 Å². The maximum absolute atomic E-state index is 11.2. The summed E-state index contributed by atoms with van der Waals surface area (Å²) in [6.45, 7) is 2.11. The zero-order chi connectivity index (χ0) is 9.68. The molecule has 0 aliphatic heterocycles. The van der Waals surface area contributed by atoms with Crippen molar-refractivity contribution < 1.29 is 65.5 Å². The van der Waals surface area contributed by atoms with E-state index in [-0.39, 0.29) is 62.8 Å². The molecular formula is C7H8KN3O3. The topological polar surface area (TPSA) is 86.3 Å². The first-order valence-electron chi connectivity index (χ1n) is 3.66. The number of carbonyl (C=O) groups is 2. The van der Waals surface area contributed by atoms with Gasteiger partial charge in [-0.2, -0.15) is 0 Å². The maximum Gasteiger partial charge on any atom is 1.00 e. The van der Waals surface area contributed by atoms with E-state index < -0.39 is 5.91 Å². The molecule has 1 heterocycles. The molecule has 7 heteroatoms. The Morgan fingerprint density at radius 2 is 2.50 bits per heavy atom. The molecule has 0 aliphatic rings. The van der Waals surface area contributed by atoms with Crippen LogP contribution in [-0.4, -0.2) is 24.0 Å². The molecule has 14 heavy (non-hydrogen) atoms. The first-order chi connectivity index (χ1) is 6.29. The van der Waals surface area contributed by atoms with Crippen LogP contribution in [0.4, 0.5) is 5.88 Å². The third-order valence-corrected chi connectivity index (χ3v) is 1.29. The molecule has 2 amide bonds. The Morgan fingerprint density at radius 3 is 3.07 bits per heavy atom. The zero-order valence-corrected chi connectivity index (χ0v) is 11.1. The first-order valence-corrected chi connectivity index (χ1v) is 3.66. The van der Waals surface area contributed by atoms with Crippen molar-refractivity contribution in [2.75, 3.05) is 11.9 Å². The molecule has 0 bridgehead atoms. The molecule has 0 saturated heterocycles. The summed E-state index contributed by atoms with van der Waals surface area (Å²) < 4.78 is 4.60. The van der Waals surface area contributed by atoms with Crippen LogP contribution in [0.5, 0.6) is 0 Å². The van der Waals surface area contributed by atoms with E-state index in [1.165, 1.54) is 6.20 Å². The maximum atomic E-state index is 11.2. The fourth-order valence-electron chi connectivity index (χ4n) is 0.778. The van der Waals surface area contributed by atoms with Gasteiger partial charge in [0.05, 0.1) is 17.7 Å². The minimum atomic E-state index is -0.451. The normalized spacial score (nSPS) is 8.64. The molecular weight excluding hydrogens is 213 g/mol. The van der Waals surface area contributed by atoms with E-state index in [2.05, 4.69) is 20.3 Å². The van der Waals surface area contributed by atoms with E-state index in [0.29, 0.717) is 13.0 Å². The van der Waals surface area contributed by atoms with E-state index in [1.807, 2.05) is 0 Å². The Morgan fingerprint density at radius 1 is 1.79 bits per heavy atom. The molecule has 1 aromatic heterocycles. The fraction of sp³-hybridized carbons (Fsp3) is 0.286. The molecule has 6 nitrogen and oxygen atoms in total. The summed E-state index contributed by atoms with van der Waals surface area (Å²) in [5.74, 6) is -0.426. The minimum absolute atomic E-state index is 0. The smallest absolute Gasteiger partial charge is 0.649 e. The number of hydrogen-bond donors (Lipinski definition) is 1. The van der Waals surface area contributed by atoms with Crippen molar-refractivity contribution in [3.8, 4) is 0 Å². The van der Waals surface area contributed by atoms with Crippen LogP contribution in [0.3, 0.4) is 0 Å². The van der Waals surface area contributed by atoms with Crippen LogP contribution in [0.15, 0.2) is 10.7 Å². The van der Waals surface area contributed by atoms with Gasteiger partial charge in [-0.05, 0) is 0 Å². The quantitative estimate of drug-likeness (QED) is 0.461. The number of carbonyl (C=O) groups excluding carboxylic acids is 2. The molecule has 0 aromatic carbocycles. The van der Waals surface area contributed by atoms with Gasteiger partial charge in [0.25, 0.3) is 0 Å². The third-order valence-electron chi connectivity index (χ3n) is 1.29. The Balaban J connectivity index is 0.00000169. The molecule has 0 atom stereocenters. The van der Waals surface area contributed by atoms with Gasteiger partial charge in [0.15, 0.2) is 0 Å². The number of nitrogens with zero attached hydrogens (tertiary/aromatic N) is 2. The second-order valence-corrected chi connectivity index (χ2v) is 2.11. The average Bonchev–Trinajstić information content (AvgIpc) is 2.54. The predicted molar refractivity (Wildman–Crippen MR) is 44.4 cm³/mol. The van der Waals surface area contributed by atoms with Crippen molar-refractivity contribution in [1.29, 1.82) is 0 Å². The van der Waals surface area contributed by atoms with Gasteiger partial charge in [-0.3, -0.25) is 10.1 Å². The van der Waals surface area contributed by atoms with Gasteiger partial charge in [-0.1, -0.05) is 12.1 Å². The van der Waals surface area contributed by atoms with Crippen molar-refractivity contribution in [2.45, 2.75) is 6.92 Å². The van der Waals surface area contributed by atoms with Crippen LogP contribution >= 0.6 is 0 Å². The average molecular weight is 221 g/mol. The number of rotatable bonds is 4. The largest absolute Gasteiger partial charge is 1.00 e. The van der Waals surface area contributed by atoms with Gasteiger partial charge in [0, 0.05) is 0 Å². The number of hydrogen-bond acceptors (Lipinski definition) is 4. The Labute approximate surface area is 123 Å². The summed E-state index contributed by atoms with van der Waals surface area (Å²) in [6, 6.07) is 0. The zero-order valence-electron chi connectivity index (χ0n) is 7.98. The molecule has 1 N–H and O–H groups in total. The molecule has 0 fully saturated rings. The van der Waals surface area contributed by atoms with Gasteiger partial charge in [-0.15, -0.1) is 6.54 Å². The van der Waals surface area contributed by atoms with Gasteiger partial charge < -0.3 is 14.6 Å². The second-order valence-electron chi connectivity index (χ2n) is 2.11. The monoisotopic (exact) mass is 221 g/mol. The number of anilines is 1. The molecule has 0 aliphatic carbocycles. The molecule has 1 rings (SSSR count). The number of nitrogens with one attached hydrogen (secondary N) is 1. The third kappa shape index (κ3) is 3.50. The first kappa shape index (κ1) is 13.8. The van der Waals surface area contributed by atoms with Crippen LogP contribution in [0, 0.1) is 0 Å². The van der Waals surface area contributed by atoms with E-state index in [9.17, 15) is 9.59 Å². The summed E-state index contributed by atoms with van der Waals surface area (Å²) in [5, 5.41) is 9.19. The number of aromatic nitrogens is 1. The van der Waals surface area contributed by atoms with Crippen molar-refractivity contribution in [3.05, 3.63) is 17.1 Å². The molecule has 0 spiro atoms. The standard InChI is InChI=1S/C7H9N3O3.K/c1-2-8-6(12)5-3-10-13-7(5)9-4-11;/h3-4H,2H2,1H3,(H2,8,9,10,11,12);/q;+1/p-1. The Hall–Kier alpha value is -0.214. The molecule has 0 saturated carbocycles. The van der Waals surface area contributed by atoms with Crippen LogP contribution < -0.4 is 56.7 Å². The SMILES string of the molecule is CC[N-]C(=O)c1cnoc1NC=O.[K+]. The Bertz CT molecular complexity index is 313. The van der Waals surface area contributed by atoms with Crippen LogP contribution in [0.1, 0.15) is 17.3 Å². The summed E-state index contributed by atoms with van der Waals surface area (Å²) >= 11 is 0. The molecule has 1 aromatic rings. The van der Waals surface area contributed by atoms with Gasteiger partial charge in [0.2, 0.25) is 12.3 Å². The van der Waals surface area contributed by atoms with Gasteiger partial charge in [0.1, 0.15) is 0 Å². The Kier molecular flexibility index (Phi) is 7.02. The van der Waals surface area contributed by atoms with Crippen LogP contribution in [0.25, 0.3) is 5.32 Å². The summed E-state index contributed by atoms with van der Waals surface area (Å²) in [4.78, 5) is 21.2. The predicted octanol–water partition coefficient (Wildman–Crippen LogP) is -2.22. The van der Waals surface area contributed by atoms with Gasteiger partial charge in [-0.25, -0.2) is 0 Å².